The van der Waals surface area contributed by atoms with Crippen LogP contribution in [0.25, 0.3) is 11.1 Å². The number of hydrogen-bond donors (Lipinski definition) is 1. The Hall–Kier alpha value is -5.98. The van der Waals surface area contributed by atoms with E-state index >= 15 is 0 Å². The minimum Gasteiger partial charge on any atom is -0.464 e. The van der Waals surface area contributed by atoms with Crippen molar-refractivity contribution in [1.29, 1.82) is 0 Å². The number of alkyl halides is 3. The molecule has 0 bridgehead atoms. The zero-order valence-electron chi connectivity index (χ0n) is 28.9. The molecule has 4 aromatic carbocycles. The first kappa shape index (κ1) is 37.3. The van der Waals surface area contributed by atoms with E-state index in [2.05, 4.69) is 5.32 Å². The highest BCUT2D eigenvalue weighted by Gasteiger charge is 2.56. The second-order valence-corrected chi connectivity index (χ2v) is 12.2. The molecule has 0 saturated carbocycles. The van der Waals surface area contributed by atoms with Crippen molar-refractivity contribution in [3.8, 4) is 11.1 Å². The molecule has 3 amide bonds. The van der Waals surface area contributed by atoms with E-state index in [0.29, 0.717) is 27.8 Å². The smallest absolute Gasteiger partial charge is 0.416 e. The topological polar surface area (TPSA) is 122 Å². The van der Waals surface area contributed by atoms with Crippen molar-refractivity contribution >= 4 is 35.3 Å². The van der Waals surface area contributed by atoms with Gasteiger partial charge in [0, 0.05) is 37.3 Å². The van der Waals surface area contributed by atoms with Crippen molar-refractivity contribution in [2.45, 2.75) is 32.0 Å². The van der Waals surface area contributed by atoms with Crippen molar-refractivity contribution in [1.82, 2.24) is 9.80 Å². The van der Waals surface area contributed by atoms with E-state index in [0.717, 1.165) is 12.1 Å². The van der Waals surface area contributed by atoms with Gasteiger partial charge in [0.2, 0.25) is 5.54 Å². The van der Waals surface area contributed by atoms with Gasteiger partial charge in [0.15, 0.2) is 0 Å². The van der Waals surface area contributed by atoms with Crippen LogP contribution in [0.15, 0.2) is 91.0 Å². The maximum Gasteiger partial charge on any atom is 0.416 e. The molecule has 10 nitrogen and oxygen atoms in total. The second kappa shape index (κ2) is 15.1. The average Bonchev–Trinajstić information content (AvgIpc) is 3.38. The number of fused-ring (bicyclic) bond motifs is 1. The third kappa shape index (κ3) is 7.25. The number of amides is 3. The average molecular weight is 716 g/mol. The molecule has 52 heavy (non-hydrogen) atoms. The van der Waals surface area contributed by atoms with Crippen LogP contribution in [-0.2, 0) is 37.2 Å². The van der Waals surface area contributed by atoms with Crippen molar-refractivity contribution < 1.29 is 46.6 Å². The first-order chi connectivity index (χ1) is 24.7. The Bertz CT molecular complexity index is 2030. The summed E-state index contributed by atoms with van der Waals surface area (Å²) in [4.78, 5) is 69.5. The van der Waals surface area contributed by atoms with Gasteiger partial charge in [0.05, 0.1) is 29.8 Å². The van der Waals surface area contributed by atoms with E-state index in [4.69, 9.17) is 9.47 Å². The van der Waals surface area contributed by atoms with Crippen molar-refractivity contribution in [2.75, 3.05) is 39.2 Å². The first-order valence-electron chi connectivity index (χ1n) is 16.4. The monoisotopic (exact) mass is 715 g/mol. The highest BCUT2D eigenvalue weighted by molar-refractivity contribution is 6.12. The SMILES string of the molecule is CCOC(=O)C1(COC(=O)Cc2ccc(NC(=O)c3ccccc3-c3ccc(C(F)(F)F)cc3)c(C(=O)N(C)C)c2)c2ccccc2C(=O)N1CC. The van der Waals surface area contributed by atoms with E-state index in [1.807, 2.05) is 0 Å². The van der Waals surface area contributed by atoms with Crippen LogP contribution in [-0.4, -0.2) is 73.3 Å². The Balaban J connectivity index is 1.38. The van der Waals surface area contributed by atoms with Gasteiger partial charge in [-0.3, -0.25) is 19.2 Å². The van der Waals surface area contributed by atoms with Crippen LogP contribution < -0.4 is 5.32 Å². The lowest BCUT2D eigenvalue weighted by atomic mass is 9.90. The number of ether oxygens (including phenoxy) is 2. The summed E-state index contributed by atoms with van der Waals surface area (Å²) in [5.74, 6) is -2.98. The van der Waals surface area contributed by atoms with Crippen molar-refractivity contribution in [2.24, 2.45) is 0 Å². The fourth-order valence-electron chi connectivity index (χ4n) is 6.19. The van der Waals surface area contributed by atoms with Crippen LogP contribution in [0.3, 0.4) is 0 Å². The van der Waals surface area contributed by atoms with Gasteiger partial charge in [-0.05, 0) is 66.9 Å². The Labute approximate surface area is 298 Å². The van der Waals surface area contributed by atoms with Crippen LogP contribution >= 0.6 is 0 Å². The molecule has 0 radical (unpaired) electrons. The van der Waals surface area contributed by atoms with Gasteiger partial charge in [-0.25, -0.2) is 4.79 Å². The number of nitrogens with one attached hydrogen (secondary N) is 1. The molecule has 1 N–H and O–H groups in total. The molecule has 1 aliphatic rings. The summed E-state index contributed by atoms with van der Waals surface area (Å²) in [7, 11) is 3.04. The van der Waals surface area contributed by atoms with E-state index in [-0.39, 0.29) is 36.4 Å². The molecule has 1 unspecified atom stereocenters. The minimum atomic E-state index is -4.52. The predicted molar refractivity (Wildman–Crippen MR) is 185 cm³/mol. The third-order valence-corrected chi connectivity index (χ3v) is 8.69. The second-order valence-electron chi connectivity index (χ2n) is 12.2. The molecule has 0 fully saturated rings. The van der Waals surface area contributed by atoms with E-state index in [1.54, 1.807) is 56.3 Å². The Morgan fingerprint density at radius 3 is 2.12 bits per heavy atom. The number of benzene rings is 4. The zero-order chi connectivity index (χ0) is 37.8. The molecule has 0 saturated heterocycles. The summed E-state index contributed by atoms with van der Waals surface area (Å²) < 4.78 is 50.4. The third-order valence-electron chi connectivity index (χ3n) is 8.69. The quantitative estimate of drug-likeness (QED) is 0.180. The van der Waals surface area contributed by atoms with Gasteiger partial charge in [-0.2, -0.15) is 13.2 Å². The van der Waals surface area contributed by atoms with Crippen LogP contribution in [0, 0.1) is 0 Å². The molecular formula is C39H36F3N3O7. The van der Waals surface area contributed by atoms with Gasteiger partial charge < -0.3 is 24.6 Å². The number of rotatable bonds is 11. The van der Waals surface area contributed by atoms with Crippen LogP contribution in [0.4, 0.5) is 18.9 Å². The van der Waals surface area contributed by atoms with E-state index < -0.39 is 53.5 Å². The Morgan fingerprint density at radius 2 is 1.48 bits per heavy atom. The molecule has 13 heteroatoms. The molecule has 1 aliphatic heterocycles. The molecule has 1 heterocycles. The van der Waals surface area contributed by atoms with Gasteiger partial charge in [0.1, 0.15) is 6.61 Å². The summed E-state index contributed by atoms with van der Waals surface area (Å²) in [6.45, 7) is 3.01. The highest BCUT2D eigenvalue weighted by atomic mass is 19.4. The molecule has 0 aliphatic carbocycles. The van der Waals surface area contributed by atoms with E-state index in [9.17, 15) is 37.1 Å². The molecular weight excluding hydrogens is 679 g/mol. The van der Waals surface area contributed by atoms with Gasteiger partial charge in [-0.1, -0.05) is 54.6 Å². The van der Waals surface area contributed by atoms with Crippen LogP contribution in [0.5, 0.6) is 0 Å². The number of anilines is 1. The maximum absolute atomic E-state index is 13.6. The molecule has 4 aromatic rings. The Kier molecular flexibility index (Phi) is 10.8. The van der Waals surface area contributed by atoms with Gasteiger partial charge in [0.25, 0.3) is 17.7 Å². The number of halogens is 3. The summed E-state index contributed by atoms with van der Waals surface area (Å²) in [6, 6.07) is 21.8. The lowest BCUT2D eigenvalue weighted by molar-refractivity contribution is -0.164. The predicted octanol–water partition coefficient (Wildman–Crippen LogP) is 6.35. The number of likely N-dealkylation sites (N-methyl/N-ethyl adjacent to an activating group) is 1. The van der Waals surface area contributed by atoms with Crippen LogP contribution in [0.2, 0.25) is 0 Å². The van der Waals surface area contributed by atoms with Crippen LogP contribution in [0.1, 0.15) is 61.6 Å². The Morgan fingerprint density at radius 1 is 0.827 bits per heavy atom. The highest BCUT2D eigenvalue weighted by Crippen LogP contribution is 2.41. The summed E-state index contributed by atoms with van der Waals surface area (Å²) in [6.07, 6.45) is -4.84. The zero-order valence-corrected chi connectivity index (χ0v) is 28.9. The standard InChI is InChI=1S/C39H36F3N3O7/c1-5-45-36(49)29-13-9-10-14-31(29)38(45,37(50)51-6-2)23-52-33(46)22-24-15-20-32(30(21-24)35(48)44(3)4)43-34(47)28-12-8-7-11-27(28)25-16-18-26(19-17-25)39(40,41)42/h7-21H,5-6,22-23H2,1-4H3,(H,43,47). The number of nitrogens with zero attached hydrogens (tertiary/aromatic N) is 2. The molecule has 0 spiro atoms. The van der Waals surface area contributed by atoms with Crippen molar-refractivity contribution in [3.63, 3.8) is 0 Å². The maximum atomic E-state index is 13.6. The fourth-order valence-corrected chi connectivity index (χ4v) is 6.19. The lowest BCUT2D eigenvalue weighted by Crippen LogP contribution is -2.54. The molecule has 5 rings (SSSR count). The number of hydrogen-bond acceptors (Lipinski definition) is 7. The summed E-state index contributed by atoms with van der Waals surface area (Å²) >= 11 is 0. The minimum absolute atomic E-state index is 0.0364. The summed E-state index contributed by atoms with van der Waals surface area (Å²) in [5, 5.41) is 2.73. The normalized spacial score (nSPS) is 15.1. The number of esters is 2. The fraction of sp³-hybridized carbons (Fsp3) is 0.256. The van der Waals surface area contributed by atoms with Gasteiger partial charge >= 0.3 is 18.1 Å². The largest absolute Gasteiger partial charge is 0.464 e. The molecule has 0 aromatic heterocycles. The van der Waals surface area contributed by atoms with Crippen molar-refractivity contribution in [3.05, 3.63) is 124 Å². The molecule has 1 atom stereocenters. The lowest BCUT2D eigenvalue weighted by Gasteiger charge is -2.35. The van der Waals surface area contributed by atoms with Gasteiger partial charge in [-0.15, -0.1) is 0 Å². The number of carbonyl (C=O) groups is 5. The molecule has 270 valence electrons. The number of carbonyl (C=O) groups excluding carboxylic acids is 5. The van der Waals surface area contributed by atoms with E-state index in [1.165, 1.54) is 60.3 Å². The first-order valence-corrected chi connectivity index (χ1v) is 16.4. The summed E-state index contributed by atoms with van der Waals surface area (Å²) in [5.41, 5.74) is -0.376.